The van der Waals surface area contributed by atoms with E-state index in [4.69, 9.17) is 4.99 Å². The highest BCUT2D eigenvalue weighted by molar-refractivity contribution is 6.36. The Kier molecular flexibility index (Phi) is 7.57. The van der Waals surface area contributed by atoms with Gasteiger partial charge in [-0.15, -0.1) is 0 Å². The number of pyridine rings is 2. The van der Waals surface area contributed by atoms with E-state index in [2.05, 4.69) is 124 Å². The van der Waals surface area contributed by atoms with Crippen LogP contribution in [0.15, 0.2) is 163 Å². The summed E-state index contributed by atoms with van der Waals surface area (Å²) in [7, 11) is 2.63. The van der Waals surface area contributed by atoms with Gasteiger partial charge in [-0.1, -0.05) is 84.9 Å². The van der Waals surface area contributed by atoms with Crippen molar-refractivity contribution in [3.05, 3.63) is 169 Å². The van der Waals surface area contributed by atoms with E-state index in [0.717, 1.165) is 73.0 Å². The minimum absolute atomic E-state index is 0.351. The van der Waals surface area contributed by atoms with Crippen LogP contribution in [-0.4, -0.2) is 30.5 Å². The Balaban J connectivity index is 0.905. The molecule has 7 nitrogen and oxygen atoms in total. The molecule has 2 aliphatic rings. The second kappa shape index (κ2) is 12.9. The van der Waals surface area contributed by atoms with Gasteiger partial charge in [0, 0.05) is 64.1 Å². The molecule has 8 aromatic rings. The molecule has 1 atom stereocenters. The summed E-state index contributed by atoms with van der Waals surface area (Å²) in [6.07, 6.45) is 3.16. The van der Waals surface area contributed by atoms with E-state index in [-0.39, 0.29) is 6.17 Å². The van der Waals surface area contributed by atoms with E-state index >= 15 is 0 Å². The van der Waals surface area contributed by atoms with Crippen LogP contribution in [0.1, 0.15) is 17.3 Å². The van der Waals surface area contributed by atoms with Crippen molar-refractivity contribution in [1.82, 2.24) is 9.97 Å². The van der Waals surface area contributed by atoms with Gasteiger partial charge >= 0.3 is 7.69 Å². The highest BCUT2D eigenvalue weighted by atomic mass is 19.1. The number of nitrogens with one attached hydrogen (secondary N) is 2. The minimum atomic E-state index is -0.351. The molecular weight excluding hydrogens is 668 g/mol. The number of halogens is 1. The van der Waals surface area contributed by atoms with Gasteiger partial charge in [0.15, 0.2) is 5.82 Å². The molecule has 0 saturated carbocycles. The molecule has 0 amide bonds. The highest BCUT2D eigenvalue weighted by Gasteiger charge is 2.36. The molecule has 1 radical (unpaired) electrons. The number of nitrogens with zero attached hydrogens (tertiary/aromatic N) is 5. The molecule has 0 aliphatic carbocycles. The number of aromatic nitrogens is 2. The van der Waals surface area contributed by atoms with Crippen molar-refractivity contribution >= 4 is 69.5 Å². The molecule has 10 rings (SSSR count). The summed E-state index contributed by atoms with van der Waals surface area (Å²) in [5, 5.41) is 11.5. The fourth-order valence-corrected chi connectivity index (χ4v) is 7.98. The van der Waals surface area contributed by atoms with E-state index in [0.29, 0.717) is 13.5 Å². The number of hydrogen-bond acceptors (Lipinski definition) is 6. The molecule has 2 N–H and O–H groups in total. The second-order valence-corrected chi connectivity index (χ2v) is 13.5. The quantitative estimate of drug-likeness (QED) is 0.154. The van der Waals surface area contributed by atoms with E-state index in [1.54, 1.807) is 17.2 Å². The lowest BCUT2D eigenvalue weighted by Crippen LogP contribution is -2.38. The molecule has 2 aliphatic heterocycles. The summed E-state index contributed by atoms with van der Waals surface area (Å²) in [5.41, 5.74) is 10.5. The Morgan fingerprint density at radius 3 is 2.00 bits per heavy atom. The predicted molar refractivity (Wildman–Crippen MR) is 221 cm³/mol. The van der Waals surface area contributed by atoms with Crippen LogP contribution in [-0.2, 0) is 0 Å². The van der Waals surface area contributed by atoms with Crippen molar-refractivity contribution in [2.45, 2.75) is 6.17 Å². The van der Waals surface area contributed by atoms with Crippen LogP contribution >= 0.6 is 0 Å². The molecule has 0 spiro atoms. The third-order valence-corrected chi connectivity index (χ3v) is 10.5. The number of benzene rings is 6. The number of rotatable bonds is 8. The van der Waals surface area contributed by atoms with Gasteiger partial charge in [-0.05, 0) is 93.7 Å². The Morgan fingerprint density at radius 1 is 0.667 bits per heavy atom. The molecule has 0 fully saturated rings. The topological polar surface area (TPSA) is 68.7 Å². The van der Waals surface area contributed by atoms with Crippen molar-refractivity contribution in [1.29, 1.82) is 0 Å². The van der Waals surface area contributed by atoms with E-state index in [1.807, 2.05) is 54.4 Å². The molecule has 0 saturated heterocycles. The summed E-state index contributed by atoms with van der Waals surface area (Å²) in [6.45, 7) is 0. The Bertz CT molecular complexity index is 2720. The Morgan fingerprint density at radius 2 is 1.33 bits per heavy atom. The number of amidine groups is 1. The van der Waals surface area contributed by atoms with Crippen LogP contribution in [0.4, 0.5) is 38.7 Å². The number of aliphatic imine (C=N–C) groups is 1. The molecule has 54 heavy (non-hydrogen) atoms. The lowest BCUT2D eigenvalue weighted by Gasteiger charge is -2.33. The number of anilines is 5. The predicted octanol–water partition coefficient (Wildman–Crippen LogP) is 10.8. The maximum absolute atomic E-state index is 14.6. The lowest BCUT2D eigenvalue weighted by atomic mass is 9.95. The van der Waals surface area contributed by atoms with Gasteiger partial charge in [0.1, 0.15) is 17.8 Å². The van der Waals surface area contributed by atoms with Crippen molar-refractivity contribution in [3.8, 4) is 22.3 Å². The fourth-order valence-electron chi connectivity index (χ4n) is 7.98. The maximum atomic E-state index is 14.6. The summed E-state index contributed by atoms with van der Waals surface area (Å²) >= 11 is 0. The zero-order valence-corrected chi connectivity index (χ0v) is 29.3. The van der Waals surface area contributed by atoms with Crippen LogP contribution in [0.2, 0.25) is 0 Å². The molecule has 0 bridgehead atoms. The molecule has 4 heterocycles. The average molecular weight is 701 g/mol. The maximum Gasteiger partial charge on any atom is 0.492 e. The standard InChI is InChI=1S/C45H32BFN7/c1-53(41-13-3-5-27-49-41)45-37-11-7-9-35-33(23-25-39(43(35)37)54(45)46-47)29-16-20-31(21-17-29)50-30-18-14-28(15-19-30)32-22-24-38-42-34(32)8-6-10-36(42)44(51-38)52-40-12-2-4-26-48-40/h2-27,45,50H,1H3,(H,48,51,52). The zero-order chi connectivity index (χ0) is 36.2. The highest BCUT2D eigenvalue weighted by Crippen LogP contribution is 2.48. The zero-order valence-electron chi connectivity index (χ0n) is 29.3. The van der Waals surface area contributed by atoms with E-state index in [9.17, 15) is 4.32 Å². The van der Waals surface area contributed by atoms with Crippen LogP contribution < -0.4 is 20.3 Å². The third-order valence-electron chi connectivity index (χ3n) is 10.5. The Labute approximate surface area is 312 Å². The summed E-state index contributed by atoms with van der Waals surface area (Å²) < 4.78 is 14.6. The van der Waals surface area contributed by atoms with Crippen LogP contribution in [0.3, 0.4) is 0 Å². The molecule has 6 aromatic carbocycles. The van der Waals surface area contributed by atoms with E-state index in [1.165, 1.54) is 16.3 Å². The monoisotopic (exact) mass is 700 g/mol. The van der Waals surface area contributed by atoms with Gasteiger partial charge < -0.3 is 24.7 Å². The first-order valence-electron chi connectivity index (χ1n) is 17.9. The molecule has 9 heteroatoms. The average Bonchev–Trinajstić information content (AvgIpc) is 3.76. The third kappa shape index (κ3) is 5.24. The van der Waals surface area contributed by atoms with Crippen molar-refractivity contribution < 1.29 is 4.32 Å². The first-order chi connectivity index (χ1) is 26.6. The molecule has 2 aromatic heterocycles. The van der Waals surface area contributed by atoms with Gasteiger partial charge in [-0.3, -0.25) is 0 Å². The largest absolute Gasteiger partial charge is 0.492 e. The van der Waals surface area contributed by atoms with Crippen LogP contribution in [0.5, 0.6) is 0 Å². The van der Waals surface area contributed by atoms with Gasteiger partial charge in [-0.25, -0.2) is 15.0 Å². The number of hydrogen-bond donors (Lipinski definition) is 2. The van der Waals surface area contributed by atoms with Crippen molar-refractivity contribution in [2.75, 3.05) is 27.4 Å². The first-order valence-corrected chi connectivity index (χ1v) is 17.9. The smallest absolute Gasteiger partial charge is 0.365 e. The second-order valence-electron chi connectivity index (χ2n) is 13.5. The van der Waals surface area contributed by atoms with Gasteiger partial charge in [-0.2, -0.15) is 0 Å². The molecule has 257 valence electrons. The van der Waals surface area contributed by atoms with Gasteiger partial charge in [0.05, 0.1) is 0 Å². The summed E-state index contributed by atoms with van der Waals surface area (Å²) in [6, 6.07) is 49.6. The van der Waals surface area contributed by atoms with Crippen LogP contribution in [0, 0.1) is 0 Å². The summed E-state index contributed by atoms with van der Waals surface area (Å²) in [4.78, 5) is 17.4. The Hall–Kier alpha value is -7.00. The minimum Gasteiger partial charge on any atom is -0.365 e. The van der Waals surface area contributed by atoms with Gasteiger partial charge in [0.2, 0.25) is 0 Å². The SMILES string of the molecule is CN(c1ccccn1)C1c2cccc3c(-c4ccc(Nc5ccc(-c6ccc7c8c(cccc68)C(=Nc6ccccn6)N7)cc5)cc4)ccc(c23)N1[B]F. The first kappa shape index (κ1) is 31.7. The van der Waals surface area contributed by atoms with Crippen molar-refractivity contribution in [2.24, 2.45) is 4.99 Å². The van der Waals surface area contributed by atoms with Crippen LogP contribution in [0.25, 0.3) is 43.8 Å². The fraction of sp³-hybridized carbons (Fsp3) is 0.0444. The van der Waals surface area contributed by atoms with E-state index < -0.39 is 0 Å². The summed E-state index contributed by atoms with van der Waals surface area (Å²) in [5.74, 6) is 2.26. The van der Waals surface area contributed by atoms with Crippen molar-refractivity contribution in [3.63, 3.8) is 0 Å². The lowest BCUT2D eigenvalue weighted by molar-refractivity contribution is 0.689. The van der Waals surface area contributed by atoms with Gasteiger partial charge in [0.25, 0.3) is 0 Å². The molecule has 1 unspecified atom stereocenters. The normalized spacial score (nSPS) is 14.8. The molecular formula is C45H32BFN7.